The number of benzene rings is 1. The summed E-state index contributed by atoms with van der Waals surface area (Å²) < 4.78 is 14.9. The van der Waals surface area contributed by atoms with Gasteiger partial charge in [0.25, 0.3) is 0 Å². The van der Waals surface area contributed by atoms with Gasteiger partial charge in [0.05, 0.1) is 27.5 Å². The first-order valence-corrected chi connectivity index (χ1v) is 7.04. The van der Waals surface area contributed by atoms with E-state index in [9.17, 15) is 9.50 Å². The van der Waals surface area contributed by atoms with Gasteiger partial charge >= 0.3 is 0 Å². The second kappa shape index (κ2) is 6.12. The Bertz CT molecular complexity index is 628. The summed E-state index contributed by atoms with van der Waals surface area (Å²) in [6.07, 6.45) is -0.512. The van der Waals surface area contributed by atoms with Gasteiger partial charge in [0.1, 0.15) is 5.82 Å². The van der Waals surface area contributed by atoms with E-state index >= 15 is 0 Å². The van der Waals surface area contributed by atoms with Gasteiger partial charge in [-0.25, -0.2) is 4.39 Å². The summed E-state index contributed by atoms with van der Waals surface area (Å²) in [6.45, 7) is 4.44. The third kappa shape index (κ3) is 2.97. The van der Waals surface area contributed by atoms with Gasteiger partial charge in [0.15, 0.2) is 0 Å². The molecule has 0 bridgehead atoms. The van der Waals surface area contributed by atoms with Crippen LogP contribution in [0, 0.1) is 12.7 Å². The van der Waals surface area contributed by atoms with Gasteiger partial charge < -0.3 is 5.11 Å². The number of hydrogen-bond donors (Lipinski definition) is 1. The Hall–Kier alpha value is -1.10. The molecule has 0 saturated heterocycles. The highest BCUT2D eigenvalue weighted by atomic mass is 35.5. The summed E-state index contributed by atoms with van der Waals surface area (Å²) in [7, 11) is 0. The molecule has 1 heterocycles. The van der Waals surface area contributed by atoms with E-state index in [1.54, 1.807) is 4.68 Å². The predicted octanol–water partition coefficient (Wildman–Crippen LogP) is 3.93. The molecule has 6 heteroatoms. The largest absolute Gasteiger partial charge is 0.388 e. The van der Waals surface area contributed by atoms with E-state index in [-0.39, 0.29) is 5.02 Å². The number of rotatable bonds is 4. The Morgan fingerprint density at radius 2 is 2.10 bits per heavy atom. The van der Waals surface area contributed by atoms with Crippen molar-refractivity contribution in [2.24, 2.45) is 0 Å². The van der Waals surface area contributed by atoms with Crippen LogP contribution in [0.15, 0.2) is 18.2 Å². The first-order chi connectivity index (χ1) is 9.43. The zero-order chi connectivity index (χ0) is 14.9. The summed E-state index contributed by atoms with van der Waals surface area (Å²) in [5.74, 6) is -0.505. The number of aliphatic hydroxyl groups is 1. The topological polar surface area (TPSA) is 38.0 Å². The van der Waals surface area contributed by atoms with E-state index in [0.717, 1.165) is 11.4 Å². The Morgan fingerprint density at radius 3 is 2.70 bits per heavy atom. The molecule has 1 aromatic carbocycles. The molecule has 0 aliphatic carbocycles. The Kier molecular flexibility index (Phi) is 4.68. The lowest BCUT2D eigenvalue weighted by molar-refractivity contribution is 0.175. The van der Waals surface area contributed by atoms with Crippen molar-refractivity contribution in [3.05, 3.63) is 51.0 Å². The fraction of sp³-hybridized carbons (Fsp3) is 0.357. The van der Waals surface area contributed by atoms with Gasteiger partial charge in [0, 0.05) is 13.0 Å². The van der Waals surface area contributed by atoms with Crippen LogP contribution in [0.3, 0.4) is 0 Å². The number of aromatic nitrogens is 2. The molecule has 1 atom stereocenters. The van der Waals surface area contributed by atoms with Gasteiger partial charge in [0.2, 0.25) is 0 Å². The van der Waals surface area contributed by atoms with Crippen molar-refractivity contribution in [2.45, 2.75) is 32.9 Å². The van der Waals surface area contributed by atoms with Crippen LogP contribution in [0.25, 0.3) is 0 Å². The molecular formula is C14H15Cl2FN2O. The second-order valence-corrected chi connectivity index (χ2v) is 5.34. The van der Waals surface area contributed by atoms with Crippen LogP contribution in [0.1, 0.15) is 30.0 Å². The summed E-state index contributed by atoms with van der Waals surface area (Å²) in [4.78, 5) is 0. The SMILES string of the molecule is CCn1nc(C)c(Cl)c1CC(O)c1ccc(F)c(Cl)c1. The molecule has 1 N–H and O–H groups in total. The molecule has 20 heavy (non-hydrogen) atoms. The highest BCUT2D eigenvalue weighted by molar-refractivity contribution is 6.32. The smallest absolute Gasteiger partial charge is 0.141 e. The van der Waals surface area contributed by atoms with E-state index in [4.69, 9.17) is 23.2 Å². The van der Waals surface area contributed by atoms with Crippen molar-refractivity contribution >= 4 is 23.2 Å². The van der Waals surface area contributed by atoms with Crippen LogP contribution < -0.4 is 0 Å². The number of halogens is 3. The molecule has 2 rings (SSSR count). The number of hydrogen-bond acceptors (Lipinski definition) is 2. The fourth-order valence-corrected chi connectivity index (χ4v) is 2.49. The second-order valence-electron chi connectivity index (χ2n) is 4.56. The molecule has 0 aliphatic rings. The first-order valence-electron chi connectivity index (χ1n) is 6.28. The molecule has 0 spiro atoms. The predicted molar refractivity (Wildman–Crippen MR) is 77.7 cm³/mol. The van der Waals surface area contributed by atoms with E-state index in [0.29, 0.717) is 23.6 Å². The maximum atomic E-state index is 13.1. The average Bonchev–Trinajstić information content (AvgIpc) is 2.69. The van der Waals surface area contributed by atoms with E-state index < -0.39 is 11.9 Å². The van der Waals surface area contributed by atoms with Crippen molar-refractivity contribution in [3.8, 4) is 0 Å². The molecule has 0 saturated carbocycles. The van der Waals surface area contributed by atoms with Crippen molar-refractivity contribution in [2.75, 3.05) is 0 Å². The maximum Gasteiger partial charge on any atom is 0.141 e. The van der Waals surface area contributed by atoms with Crippen LogP contribution in [-0.4, -0.2) is 14.9 Å². The fourth-order valence-electron chi connectivity index (χ4n) is 2.08. The lowest BCUT2D eigenvalue weighted by atomic mass is 10.0. The third-order valence-corrected chi connectivity index (χ3v) is 3.95. The third-order valence-electron chi connectivity index (χ3n) is 3.17. The lowest BCUT2D eigenvalue weighted by Gasteiger charge is -2.13. The summed E-state index contributed by atoms with van der Waals surface area (Å²) in [5, 5.41) is 15.1. The van der Waals surface area contributed by atoms with E-state index in [1.807, 2.05) is 13.8 Å². The minimum Gasteiger partial charge on any atom is -0.388 e. The van der Waals surface area contributed by atoms with Crippen molar-refractivity contribution in [3.63, 3.8) is 0 Å². The molecule has 1 aromatic heterocycles. The van der Waals surface area contributed by atoms with Gasteiger partial charge in [-0.2, -0.15) is 5.10 Å². The molecular weight excluding hydrogens is 302 g/mol. The number of nitrogens with zero attached hydrogens (tertiary/aromatic N) is 2. The van der Waals surface area contributed by atoms with Crippen molar-refractivity contribution < 1.29 is 9.50 Å². The van der Waals surface area contributed by atoms with E-state index in [1.165, 1.54) is 18.2 Å². The molecule has 0 aliphatic heterocycles. The van der Waals surface area contributed by atoms with Crippen molar-refractivity contribution in [1.82, 2.24) is 9.78 Å². The number of aliphatic hydroxyl groups excluding tert-OH is 1. The van der Waals surface area contributed by atoms with Crippen LogP contribution in [0.5, 0.6) is 0 Å². The Morgan fingerprint density at radius 1 is 1.40 bits per heavy atom. The van der Waals surface area contributed by atoms with Gasteiger partial charge in [-0.1, -0.05) is 29.3 Å². The maximum absolute atomic E-state index is 13.1. The monoisotopic (exact) mass is 316 g/mol. The van der Waals surface area contributed by atoms with Gasteiger partial charge in [-0.3, -0.25) is 4.68 Å². The summed E-state index contributed by atoms with van der Waals surface area (Å²) in [6, 6.07) is 4.18. The lowest BCUT2D eigenvalue weighted by Crippen LogP contribution is -2.09. The minimum absolute atomic E-state index is 0.00664. The Labute approximate surface area is 126 Å². The summed E-state index contributed by atoms with van der Waals surface area (Å²) in [5.41, 5.74) is 2.04. The zero-order valence-electron chi connectivity index (χ0n) is 11.2. The molecule has 1 unspecified atom stereocenters. The molecule has 108 valence electrons. The van der Waals surface area contributed by atoms with Crippen LogP contribution >= 0.6 is 23.2 Å². The standard InChI is InChI=1S/C14H15Cl2FN2O/c1-3-19-12(14(16)8(2)18-19)7-13(20)9-4-5-11(17)10(15)6-9/h4-6,13,20H,3,7H2,1-2H3. The summed E-state index contributed by atoms with van der Waals surface area (Å²) >= 11 is 11.9. The van der Waals surface area contributed by atoms with Crippen LogP contribution in [0.4, 0.5) is 4.39 Å². The van der Waals surface area contributed by atoms with Gasteiger partial charge in [-0.15, -0.1) is 0 Å². The average molecular weight is 317 g/mol. The number of aryl methyl sites for hydroxylation is 2. The van der Waals surface area contributed by atoms with Crippen LogP contribution in [0.2, 0.25) is 10.0 Å². The molecule has 0 fully saturated rings. The minimum atomic E-state index is -0.813. The first kappa shape index (κ1) is 15.3. The molecule has 0 amide bonds. The van der Waals surface area contributed by atoms with Crippen molar-refractivity contribution in [1.29, 1.82) is 0 Å². The zero-order valence-corrected chi connectivity index (χ0v) is 12.7. The molecule has 0 radical (unpaired) electrons. The van der Waals surface area contributed by atoms with E-state index in [2.05, 4.69) is 5.10 Å². The highest BCUT2D eigenvalue weighted by Crippen LogP contribution is 2.27. The molecule has 3 nitrogen and oxygen atoms in total. The van der Waals surface area contributed by atoms with Crippen LogP contribution in [-0.2, 0) is 13.0 Å². The molecule has 2 aromatic rings. The quantitative estimate of drug-likeness (QED) is 0.928. The normalized spacial score (nSPS) is 12.7. The highest BCUT2D eigenvalue weighted by Gasteiger charge is 2.18. The van der Waals surface area contributed by atoms with Gasteiger partial charge in [-0.05, 0) is 31.5 Å². The Balaban J connectivity index is 2.27.